The summed E-state index contributed by atoms with van der Waals surface area (Å²) in [6.07, 6.45) is 11.1. The van der Waals surface area contributed by atoms with Gasteiger partial charge in [-0.2, -0.15) is 5.10 Å². The molecule has 0 spiro atoms. The van der Waals surface area contributed by atoms with Crippen molar-refractivity contribution in [2.24, 2.45) is 0 Å². The number of aromatic nitrogens is 2. The van der Waals surface area contributed by atoms with Crippen molar-refractivity contribution in [3.63, 3.8) is 0 Å². The average Bonchev–Trinajstić information content (AvgIpc) is 2.87. The van der Waals surface area contributed by atoms with Gasteiger partial charge in [0.25, 0.3) is 0 Å². The third-order valence-corrected chi connectivity index (χ3v) is 2.19. The molecule has 0 unspecified atom stereocenters. The first-order valence-corrected chi connectivity index (χ1v) is 6.43. The van der Waals surface area contributed by atoms with Crippen molar-refractivity contribution in [2.75, 3.05) is 13.2 Å². The summed E-state index contributed by atoms with van der Waals surface area (Å²) in [7, 11) is 0. The maximum absolute atomic E-state index is 5.44. The van der Waals surface area contributed by atoms with Crippen LogP contribution in [0, 0.1) is 0 Å². The van der Waals surface area contributed by atoms with Crippen molar-refractivity contribution in [1.29, 1.82) is 0 Å². The monoisotopic (exact) mass is 226 g/mol. The Bertz CT molecular complexity index is 163. The van der Waals surface area contributed by atoms with E-state index in [0.29, 0.717) is 0 Å². The smallest absolute Gasteiger partial charge is 0.0487 e. The lowest BCUT2D eigenvalue weighted by atomic mass is 10.2. The molecule has 0 radical (unpaired) electrons. The van der Waals surface area contributed by atoms with Gasteiger partial charge in [0.05, 0.1) is 0 Å². The summed E-state index contributed by atoms with van der Waals surface area (Å²) >= 11 is 0. The van der Waals surface area contributed by atoms with Gasteiger partial charge in [-0.3, -0.25) is 5.10 Å². The highest BCUT2D eigenvalue weighted by Gasteiger charge is 1.88. The fourth-order valence-electron chi connectivity index (χ4n) is 1.23. The molecular formula is C13H26N2O. The highest BCUT2D eigenvalue weighted by atomic mass is 16.5. The second-order valence-corrected chi connectivity index (χ2v) is 3.79. The van der Waals surface area contributed by atoms with Gasteiger partial charge >= 0.3 is 0 Å². The van der Waals surface area contributed by atoms with Crippen LogP contribution >= 0.6 is 0 Å². The van der Waals surface area contributed by atoms with Gasteiger partial charge in [0.15, 0.2) is 0 Å². The molecule has 0 aromatic carbocycles. The quantitative estimate of drug-likeness (QED) is 0.685. The van der Waals surface area contributed by atoms with E-state index >= 15 is 0 Å². The Morgan fingerprint density at radius 1 is 1.00 bits per heavy atom. The summed E-state index contributed by atoms with van der Waals surface area (Å²) < 4.78 is 5.44. The Morgan fingerprint density at radius 2 is 1.62 bits per heavy atom. The Morgan fingerprint density at radius 3 is 1.94 bits per heavy atom. The zero-order chi connectivity index (χ0) is 11.9. The minimum Gasteiger partial charge on any atom is -0.381 e. The number of aromatic amines is 1. The predicted octanol–water partition coefficient (Wildman–Crippen LogP) is 3.79. The number of hydrogen-bond acceptors (Lipinski definition) is 2. The lowest BCUT2D eigenvalue weighted by Gasteiger charge is -2.01. The van der Waals surface area contributed by atoms with Gasteiger partial charge in [0, 0.05) is 25.6 Å². The van der Waals surface area contributed by atoms with Crippen molar-refractivity contribution < 1.29 is 4.74 Å². The fourth-order valence-corrected chi connectivity index (χ4v) is 1.23. The Labute approximate surface area is 99.6 Å². The number of hydrogen-bond donors (Lipinski definition) is 1. The van der Waals surface area contributed by atoms with Gasteiger partial charge in [-0.05, 0) is 18.9 Å². The number of nitrogens with one attached hydrogen (secondary N) is 1. The lowest BCUT2D eigenvalue weighted by molar-refractivity contribution is 0.126. The first kappa shape index (κ1) is 15.2. The van der Waals surface area contributed by atoms with E-state index in [0.717, 1.165) is 13.2 Å². The highest BCUT2D eigenvalue weighted by molar-refractivity contribution is 4.72. The molecule has 1 aromatic heterocycles. The first-order valence-electron chi connectivity index (χ1n) is 6.43. The number of nitrogens with zero attached hydrogens (tertiary/aromatic N) is 1. The van der Waals surface area contributed by atoms with Crippen LogP contribution in [-0.2, 0) is 4.74 Å². The van der Waals surface area contributed by atoms with Gasteiger partial charge in [0.1, 0.15) is 0 Å². The molecule has 3 heteroatoms. The summed E-state index contributed by atoms with van der Waals surface area (Å²) in [6.45, 7) is 6.38. The van der Waals surface area contributed by atoms with E-state index in [1.54, 1.807) is 12.4 Å². The zero-order valence-electron chi connectivity index (χ0n) is 10.7. The molecule has 0 saturated carbocycles. The third-order valence-electron chi connectivity index (χ3n) is 2.19. The summed E-state index contributed by atoms with van der Waals surface area (Å²) in [5.41, 5.74) is 0. The van der Waals surface area contributed by atoms with E-state index < -0.39 is 0 Å². The standard InChI is InChI=1S/C10H22O.C3H4N2/c1-3-5-7-9-11-10-8-6-4-2;1-2-4-5-3-1/h3-10H2,1-2H3;1-3H,(H,4,5). The third kappa shape index (κ3) is 13.2. The number of unbranched alkanes of at least 4 members (excludes halogenated alkanes) is 4. The van der Waals surface area contributed by atoms with E-state index in [4.69, 9.17) is 4.74 Å². The van der Waals surface area contributed by atoms with Gasteiger partial charge in [0.2, 0.25) is 0 Å². The minimum atomic E-state index is 0.970. The molecule has 0 fully saturated rings. The van der Waals surface area contributed by atoms with Crippen LogP contribution in [0.2, 0.25) is 0 Å². The molecule has 0 atom stereocenters. The molecule has 16 heavy (non-hydrogen) atoms. The molecule has 0 amide bonds. The molecule has 0 bridgehead atoms. The second-order valence-electron chi connectivity index (χ2n) is 3.79. The zero-order valence-corrected chi connectivity index (χ0v) is 10.7. The molecule has 1 heterocycles. The van der Waals surface area contributed by atoms with E-state index in [1.165, 1.54) is 38.5 Å². The maximum atomic E-state index is 5.44. The molecule has 1 rings (SSSR count). The summed E-state index contributed by atoms with van der Waals surface area (Å²) in [6, 6.07) is 1.83. The van der Waals surface area contributed by atoms with E-state index in [2.05, 4.69) is 24.0 Å². The largest absolute Gasteiger partial charge is 0.381 e. The average molecular weight is 226 g/mol. The Hall–Kier alpha value is -0.830. The predicted molar refractivity (Wildman–Crippen MR) is 68.5 cm³/mol. The van der Waals surface area contributed by atoms with E-state index in [-0.39, 0.29) is 0 Å². The Balaban J connectivity index is 0.000000368. The van der Waals surface area contributed by atoms with E-state index in [9.17, 15) is 0 Å². The molecule has 1 aromatic rings. The van der Waals surface area contributed by atoms with Crippen molar-refractivity contribution in [1.82, 2.24) is 10.2 Å². The molecule has 94 valence electrons. The van der Waals surface area contributed by atoms with Crippen LogP contribution in [0.1, 0.15) is 52.4 Å². The normalized spacial score (nSPS) is 9.62. The first-order chi connectivity index (χ1) is 7.91. The minimum absolute atomic E-state index is 0.970. The molecule has 0 aliphatic carbocycles. The van der Waals surface area contributed by atoms with Gasteiger partial charge < -0.3 is 4.74 Å². The lowest BCUT2D eigenvalue weighted by Crippen LogP contribution is -1.96. The van der Waals surface area contributed by atoms with Crippen LogP contribution in [0.5, 0.6) is 0 Å². The van der Waals surface area contributed by atoms with Crippen molar-refractivity contribution >= 4 is 0 Å². The van der Waals surface area contributed by atoms with Crippen LogP contribution in [0.25, 0.3) is 0 Å². The van der Waals surface area contributed by atoms with Crippen LogP contribution in [0.15, 0.2) is 18.5 Å². The van der Waals surface area contributed by atoms with Crippen LogP contribution < -0.4 is 0 Å². The summed E-state index contributed by atoms with van der Waals surface area (Å²) in [4.78, 5) is 0. The number of H-pyrrole nitrogens is 1. The molecule has 1 N–H and O–H groups in total. The maximum Gasteiger partial charge on any atom is 0.0487 e. The van der Waals surface area contributed by atoms with E-state index in [1.807, 2.05) is 6.07 Å². The summed E-state index contributed by atoms with van der Waals surface area (Å²) in [5, 5.41) is 6.21. The fraction of sp³-hybridized carbons (Fsp3) is 0.769. The van der Waals surface area contributed by atoms with Crippen LogP contribution in [-0.4, -0.2) is 23.4 Å². The topological polar surface area (TPSA) is 37.9 Å². The number of rotatable bonds is 8. The highest BCUT2D eigenvalue weighted by Crippen LogP contribution is 1.97. The number of ether oxygens (including phenoxy) is 1. The molecule has 3 nitrogen and oxygen atoms in total. The van der Waals surface area contributed by atoms with Gasteiger partial charge in [-0.25, -0.2) is 0 Å². The SMILES string of the molecule is CCCCCOCCCCC.c1cn[nH]c1. The Kier molecular flexibility index (Phi) is 13.4. The summed E-state index contributed by atoms with van der Waals surface area (Å²) in [5.74, 6) is 0. The van der Waals surface area contributed by atoms with Crippen LogP contribution in [0.4, 0.5) is 0 Å². The molecule has 0 aliphatic heterocycles. The van der Waals surface area contributed by atoms with Gasteiger partial charge in [-0.1, -0.05) is 39.5 Å². The molecule has 0 saturated heterocycles. The van der Waals surface area contributed by atoms with Crippen molar-refractivity contribution in [3.8, 4) is 0 Å². The molecular weight excluding hydrogens is 200 g/mol. The molecule has 0 aliphatic rings. The van der Waals surface area contributed by atoms with Crippen molar-refractivity contribution in [3.05, 3.63) is 18.5 Å². The van der Waals surface area contributed by atoms with Gasteiger partial charge in [-0.15, -0.1) is 0 Å². The van der Waals surface area contributed by atoms with Crippen molar-refractivity contribution in [2.45, 2.75) is 52.4 Å². The van der Waals surface area contributed by atoms with Crippen LogP contribution in [0.3, 0.4) is 0 Å². The second kappa shape index (κ2) is 14.2.